The maximum Gasteiger partial charge on any atom is 0.277 e. The molecule has 1 aliphatic rings. The number of quaternary nitrogens is 1. The van der Waals surface area contributed by atoms with Crippen molar-refractivity contribution in [1.82, 2.24) is 10.2 Å². The first-order valence-corrected chi connectivity index (χ1v) is 7.34. The highest BCUT2D eigenvalue weighted by Crippen LogP contribution is 2.25. The molecule has 3 rings (SSSR count). The lowest BCUT2D eigenvalue weighted by Gasteiger charge is -2.00. The van der Waals surface area contributed by atoms with Gasteiger partial charge < -0.3 is 9.73 Å². The lowest BCUT2D eigenvalue weighted by molar-refractivity contribution is -0.678. The topological polar surface area (TPSA) is 55.5 Å². The molecule has 0 aliphatic carbocycles. The Kier molecular flexibility index (Phi) is 3.79. The van der Waals surface area contributed by atoms with Crippen LogP contribution in [0.5, 0.6) is 0 Å². The van der Waals surface area contributed by atoms with Gasteiger partial charge in [-0.25, -0.2) is 4.39 Å². The third kappa shape index (κ3) is 2.96. The van der Waals surface area contributed by atoms with Gasteiger partial charge in [-0.05, 0) is 11.6 Å². The van der Waals surface area contributed by atoms with Crippen molar-refractivity contribution in [3.05, 3.63) is 41.5 Å². The molecule has 19 heavy (non-hydrogen) atoms. The average Bonchev–Trinajstić information content (AvgIpc) is 3.09. The standard InChI is InChI=1S/C13H14FN3OS/c14-10-5-2-1-4-9(10)8-19-13-17-16-12(18-13)11-6-3-7-15-11/h1-2,4-5,11,15H,3,6-8H2/p+1. The maximum absolute atomic E-state index is 13.5. The van der Waals surface area contributed by atoms with Crippen molar-refractivity contribution in [1.29, 1.82) is 0 Å². The number of nitrogens with two attached hydrogens (primary N) is 1. The van der Waals surface area contributed by atoms with Gasteiger partial charge in [-0.2, -0.15) is 0 Å². The van der Waals surface area contributed by atoms with Gasteiger partial charge in [-0.3, -0.25) is 0 Å². The second kappa shape index (κ2) is 5.71. The molecule has 0 amide bonds. The van der Waals surface area contributed by atoms with E-state index in [0.29, 0.717) is 28.5 Å². The monoisotopic (exact) mass is 280 g/mol. The van der Waals surface area contributed by atoms with Gasteiger partial charge in [0.2, 0.25) is 0 Å². The highest BCUT2D eigenvalue weighted by atomic mass is 32.2. The molecule has 0 saturated carbocycles. The van der Waals surface area contributed by atoms with Crippen molar-refractivity contribution in [2.45, 2.75) is 29.9 Å². The SMILES string of the molecule is Fc1ccccc1CSc1nnc(C2CCC[NH2+]2)o1. The van der Waals surface area contributed by atoms with Crippen molar-refractivity contribution in [3.63, 3.8) is 0 Å². The fourth-order valence-electron chi connectivity index (χ4n) is 2.18. The molecule has 0 radical (unpaired) electrons. The molecule has 1 aromatic heterocycles. The minimum atomic E-state index is -0.195. The summed E-state index contributed by atoms with van der Waals surface area (Å²) in [5.74, 6) is 0.996. The first-order chi connectivity index (χ1) is 9.33. The zero-order valence-electron chi connectivity index (χ0n) is 10.4. The summed E-state index contributed by atoms with van der Waals surface area (Å²) in [5, 5.41) is 10.8. The molecule has 100 valence electrons. The Bertz CT molecular complexity index is 554. The van der Waals surface area contributed by atoms with Crippen LogP contribution < -0.4 is 5.32 Å². The van der Waals surface area contributed by atoms with Crippen LogP contribution in [0.25, 0.3) is 0 Å². The Morgan fingerprint density at radius 3 is 3.05 bits per heavy atom. The van der Waals surface area contributed by atoms with Crippen LogP contribution in [0, 0.1) is 5.82 Å². The van der Waals surface area contributed by atoms with E-state index in [1.54, 1.807) is 12.1 Å². The highest BCUT2D eigenvalue weighted by Gasteiger charge is 2.26. The smallest absolute Gasteiger partial charge is 0.277 e. The number of thioether (sulfide) groups is 1. The molecule has 4 nitrogen and oxygen atoms in total. The van der Waals surface area contributed by atoms with Gasteiger partial charge in [0.05, 0.1) is 6.54 Å². The summed E-state index contributed by atoms with van der Waals surface area (Å²) >= 11 is 1.37. The molecule has 6 heteroatoms. The fourth-order valence-corrected chi connectivity index (χ4v) is 2.94. The Hall–Kier alpha value is -1.40. The Balaban J connectivity index is 1.63. The van der Waals surface area contributed by atoms with Crippen LogP contribution in [0.3, 0.4) is 0 Å². The van der Waals surface area contributed by atoms with Crippen LogP contribution in [0.15, 0.2) is 33.9 Å². The maximum atomic E-state index is 13.5. The summed E-state index contributed by atoms with van der Waals surface area (Å²) in [6, 6.07) is 7.04. The van der Waals surface area contributed by atoms with E-state index in [2.05, 4.69) is 15.5 Å². The summed E-state index contributed by atoms with van der Waals surface area (Å²) in [6.07, 6.45) is 2.27. The average molecular weight is 280 g/mol. The number of nitrogens with zero attached hydrogens (tertiary/aromatic N) is 2. The number of halogens is 1. The summed E-state index contributed by atoms with van der Waals surface area (Å²) in [4.78, 5) is 0. The van der Waals surface area contributed by atoms with Crippen LogP contribution in [-0.2, 0) is 5.75 Å². The molecule has 1 fully saturated rings. The van der Waals surface area contributed by atoms with E-state index < -0.39 is 0 Å². The second-order valence-electron chi connectivity index (χ2n) is 4.56. The van der Waals surface area contributed by atoms with E-state index in [0.717, 1.165) is 13.0 Å². The Morgan fingerprint density at radius 1 is 1.37 bits per heavy atom. The normalized spacial score (nSPS) is 18.9. The summed E-state index contributed by atoms with van der Waals surface area (Å²) in [5.41, 5.74) is 0.652. The van der Waals surface area contributed by atoms with Crippen molar-refractivity contribution >= 4 is 11.8 Å². The minimum absolute atomic E-state index is 0.195. The quantitative estimate of drug-likeness (QED) is 0.869. The summed E-state index contributed by atoms with van der Waals surface area (Å²) in [6.45, 7) is 1.12. The first-order valence-electron chi connectivity index (χ1n) is 6.36. The predicted molar refractivity (Wildman–Crippen MR) is 69.0 cm³/mol. The summed E-state index contributed by atoms with van der Waals surface area (Å²) < 4.78 is 19.1. The van der Waals surface area contributed by atoms with Crippen LogP contribution in [0.2, 0.25) is 0 Å². The summed E-state index contributed by atoms with van der Waals surface area (Å²) in [7, 11) is 0. The zero-order chi connectivity index (χ0) is 13.1. The van der Waals surface area contributed by atoms with E-state index in [-0.39, 0.29) is 5.82 Å². The predicted octanol–water partition coefficient (Wildman–Crippen LogP) is 1.90. The molecule has 1 aliphatic heterocycles. The van der Waals surface area contributed by atoms with E-state index >= 15 is 0 Å². The fraction of sp³-hybridized carbons (Fsp3) is 0.385. The van der Waals surface area contributed by atoms with Crippen molar-refractivity contribution < 1.29 is 14.1 Å². The third-order valence-electron chi connectivity index (χ3n) is 3.22. The molecule has 1 unspecified atom stereocenters. The molecule has 2 N–H and O–H groups in total. The van der Waals surface area contributed by atoms with Gasteiger partial charge in [-0.15, -0.1) is 10.2 Å². The van der Waals surface area contributed by atoms with Crippen molar-refractivity contribution in [2.75, 3.05) is 6.54 Å². The molecule has 1 atom stereocenters. The first kappa shape index (κ1) is 12.6. The van der Waals surface area contributed by atoms with E-state index in [9.17, 15) is 4.39 Å². The molecular weight excluding hydrogens is 265 g/mol. The minimum Gasteiger partial charge on any atom is -0.410 e. The van der Waals surface area contributed by atoms with Crippen molar-refractivity contribution in [3.8, 4) is 0 Å². The lowest BCUT2D eigenvalue weighted by atomic mass is 10.2. The van der Waals surface area contributed by atoms with Gasteiger partial charge in [0.15, 0.2) is 6.04 Å². The van der Waals surface area contributed by atoms with Crippen molar-refractivity contribution in [2.24, 2.45) is 0 Å². The lowest BCUT2D eigenvalue weighted by Crippen LogP contribution is -2.81. The third-order valence-corrected chi connectivity index (χ3v) is 4.09. The number of aromatic nitrogens is 2. The molecule has 1 aromatic carbocycles. The highest BCUT2D eigenvalue weighted by molar-refractivity contribution is 7.98. The van der Waals surface area contributed by atoms with Crippen LogP contribution in [0.1, 0.15) is 30.3 Å². The number of rotatable bonds is 4. The number of hydrogen-bond donors (Lipinski definition) is 1. The number of hydrogen-bond acceptors (Lipinski definition) is 4. The van der Waals surface area contributed by atoms with Crippen LogP contribution in [0.4, 0.5) is 4.39 Å². The molecule has 2 heterocycles. The van der Waals surface area contributed by atoms with Crippen LogP contribution >= 0.6 is 11.8 Å². The molecule has 1 saturated heterocycles. The van der Waals surface area contributed by atoms with Gasteiger partial charge in [0.1, 0.15) is 5.82 Å². The second-order valence-corrected chi connectivity index (χ2v) is 5.49. The van der Waals surface area contributed by atoms with E-state index in [4.69, 9.17) is 4.42 Å². The molecule has 0 spiro atoms. The Labute approximate surface area is 114 Å². The Morgan fingerprint density at radius 2 is 2.26 bits per heavy atom. The zero-order valence-corrected chi connectivity index (χ0v) is 11.2. The molecule has 0 bridgehead atoms. The van der Waals surface area contributed by atoms with Gasteiger partial charge in [0, 0.05) is 18.6 Å². The molecular formula is C13H15FN3OS+. The largest absolute Gasteiger partial charge is 0.410 e. The van der Waals surface area contributed by atoms with Gasteiger partial charge in [0.25, 0.3) is 11.1 Å². The van der Waals surface area contributed by atoms with E-state index in [1.807, 2.05) is 6.07 Å². The van der Waals surface area contributed by atoms with Crippen LogP contribution in [-0.4, -0.2) is 16.7 Å². The van der Waals surface area contributed by atoms with E-state index in [1.165, 1.54) is 24.2 Å². The van der Waals surface area contributed by atoms with Gasteiger partial charge in [-0.1, -0.05) is 30.0 Å². The van der Waals surface area contributed by atoms with Gasteiger partial charge >= 0.3 is 0 Å². The number of benzene rings is 1. The molecule has 2 aromatic rings.